The molecule has 0 aromatic carbocycles. The van der Waals surface area contributed by atoms with Gasteiger partial charge in [0.05, 0.1) is 0 Å². The number of carbonyl (C=O) groups is 2. The van der Waals surface area contributed by atoms with E-state index in [0.717, 1.165) is 25.7 Å². The van der Waals surface area contributed by atoms with Gasteiger partial charge >= 0.3 is 73.6 Å². The summed E-state index contributed by atoms with van der Waals surface area (Å²) < 4.78 is 0. The summed E-state index contributed by atoms with van der Waals surface area (Å²) >= 11 is 0. The number of hydrogen-bond acceptors (Lipinski definition) is 2. The van der Waals surface area contributed by atoms with Gasteiger partial charge in [0, 0.05) is 35.2 Å². The van der Waals surface area contributed by atoms with E-state index in [1.807, 2.05) is 0 Å². The molecule has 0 fully saturated rings. The zero-order chi connectivity index (χ0) is 35.4. The Balaban J connectivity index is -0.000000118. The number of aliphatic carboxylic acids is 2. The zero-order valence-electron chi connectivity index (χ0n) is 36.7. The van der Waals surface area contributed by atoms with Crippen LogP contribution in [0, 0.1) is 0 Å². The Hall–Kier alpha value is 2.27. The molecule has 0 bridgehead atoms. The summed E-state index contributed by atoms with van der Waals surface area (Å²) in [5, 5.41) is 17.1. The van der Waals surface area contributed by atoms with Crippen molar-refractivity contribution in [1.29, 1.82) is 0 Å². The Kier molecular flexibility index (Phi) is 79.4. The molecular formula is C44H95AgAlCaO4Sn. The van der Waals surface area contributed by atoms with E-state index in [1.165, 1.54) is 218 Å². The fourth-order valence-corrected chi connectivity index (χ4v) is 6.71. The summed E-state index contributed by atoms with van der Waals surface area (Å²) in [7, 11) is 0. The Morgan fingerprint density at radius 2 is 0.442 bits per heavy atom. The van der Waals surface area contributed by atoms with Gasteiger partial charge in [0.1, 0.15) is 0 Å². The summed E-state index contributed by atoms with van der Waals surface area (Å²) in [6.45, 7) is 4.57. The van der Waals surface area contributed by atoms with Crippen molar-refractivity contribution >= 4 is 90.9 Å². The van der Waals surface area contributed by atoms with E-state index in [9.17, 15) is 9.59 Å². The van der Waals surface area contributed by atoms with Gasteiger partial charge in [-0.25, -0.2) is 0 Å². The second-order valence-corrected chi connectivity index (χ2v) is 15.0. The number of unbranched alkanes of at least 4 members (excludes halogenated alkanes) is 36. The SMILES string of the molecule is CCCCCCCCCCCCCCCCCCCCCC(=O)O.CCCCCCCCCCCCCCCCCCCCCC(=O)O.[Ag].[AlH3].[Ca+2].[H-].[H-].[SnH2]. The summed E-state index contributed by atoms with van der Waals surface area (Å²) in [4.78, 5) is 20.8. The summed E-state index contributed by atoms with van der Waals surface area (Å²) in [6.07, 6.45) is 52.2. The Labute approximate surface area is 402 Å². The predicted octanol–water partition coefficient (Wildman–Crippen LogP) is 13.5. The number of hydrogen-bond donors (Lipinski definition) is 2. The van der Waals surface area contributed by atoms with E-state index >= 15 is 0 Å². The van der Waals surface area contributed by atoms with Crippen LogP contribution in [-0.2, 0) is 32.0 Å². The van der Waals surface area contributed by atoms with Crippen LogP contribution in [0.2, 0.25) is 0 Å². The van der Waals surface area contributed by atoms with Crippen molar-refractivity contribution in [3.8, 4) is 0 Å². The summed E-state index contributed by atoms with van der Waals surface area (Å²) in [5.41, 5.74) is 0. The van der Waals surface area contributed by atoms with E-state index in [4.69, 9.17) is 10.2 Å². The summed E-state index contributed by atoms with van der Waals surface area (Å²) in [5.74, 6) is -1.30. The van der Waals surface area contributed by atoms with Crippen molar-refractivity contribution in [2.24, 2.45) is 0 Å². The van der Waals surface area contributed by atoms with Crippen LogP contribution < -0.4 is 0 Å². The molecule has 0 aromatic heterocycles. The van der Waals surface area contributed by atoms with Crippen LogP contribution in [0.15, 0.2) is 0 Å². The average molecular weight is 982 g/mol. The van der Waals surface area contributed by atoms with Crippen LogP contribution in [-0.4, -0.2) is 101 Å². The molecule has 0 aliphatic rings. The first kappa shape index (κ1) is 66.1. The van der Waals surface area contributed by atoms with Crippen LogP contribution in [0.4, 0.5) is 0 Å². The number of carboxylic acid groups (broad SMARTS) is 2. The molecular weight excluding hydrogens is 886 g/mol. The molecule has 0 amide bonds. The van der Waals surface area contributed by atoms with Crippen LogP contribution in [0.5, 0.6) is 0 Å². The molecule has 52 heavy (non-hydrogen) atoms. The number of carboxylic acids is 2. The molecule has 0 rings (SSSR count). The van der Waals surface area contributed by atoms with E-state index in [1.54, 1.807) is 0 Å². The van der Waals surface area contributed by atoms with Gasteiger partial charge in [0.2, 0.25) is 0 Å². The second kappa shape index (κ2) is 62.5. The quantitative estimate of drug-likeness (QED) is 0.0474. The maximum absolute atomic E-state index is 10.4. The van der Waals surface area contributed by atoms with Crippen molar-refractivity contribution in [1.82, 2.24) is 0 Å². The standard InChI is InChI=1S/2C22H44O2.Ag.Al.Ca.Sn.7H/c2*1-2-3-4-5-6-7-8-9-10-11-12-13-14-15-16-17-18-19-20-21-22(23)24;;;;;;;;;;;/h2*2-21H2,1H3,(H,23,24);;;;;;;;;;;/q;;;;+2;;;;;;;2*-1. The Morgan fingerprint density at radius 3 is 0.558 bits per heavy atom. The van der Waals surface area contributed by atoms with Crippen LogP contribution in [0.25, 0.3) is 0 Å². The van der Waals surface area contributed by atoms with Crippen molar-refractivity contribution in [2.75, 3.05) is 0 Å². The molecule has 8 heteroatoms. The van der Waals surface area contributed by atoms with Crippen molar-refractivity contribution in [3.05, 3.63) is 0 Å². The first-order chi connectivity index (χ1) is 23.5. The predicted molar refractivity (Wildman–Crippen MR) is 238 cm³/mol. The first-order valence-corrected chi connectivity index (χ1v) is 22.0. The molecule has 0 saturated carbocycles. The van der Waals surface area contributed by atoms with Gasteiger partial charge in [-0.15, -0.1) is 0 Å². The third-order valence-electron chi connectivity index (χ3n) is 9.99. The van der Waals surface area contributed by atoms with E-state index in [-0.39, 0.29) is 104 Å². The van der Waals surface area contributed by atoms with E-state index < -0.39 is 11.9 Å². The Bertz CT molecular complexity index is 593. The molecule has 3 radical (unpaired) electrons. The van der Waals surface area contributed by atoms with E-state index in [0.29, 0.717) is 12.8 Å². The molecule has 0 saturated heterocycles. The van der Waals surface area contributed by atoms with Gasteiger partial charge in [-0.05, 0) is 12.8 Å². The molecule has 0 unspecified atom stereocenters. The van der Waals surface area contributed by atoms with Crippen molar-refractivity contribution in [2.45, 2.75) is 271 Å². The third-order valence-corrected chi connectivity index (χ3v) is 9.99. The van der Waals surface area contributed by atoms with Crippen LogP contribution in [0.3, 0.4) is 0 Å². The van der Waals surface area contributed by atoms with Crippen LogP contribution >= 0.6 is 0 Å². The van der Waals surface area contributed by atoms with Gasteiger partial charge < -0.3 is 13.1 Å². The normalized spacial score (nSPS) is 10.2. The topological polar surface area (TPSA) is 74.6 Å². The molecule has 0 aliphatic carbocycles. The van der Waals surface area contributed by atoms with Crippen LogP contribution in [0.1, 0.15) is 274 Å². The molecule has 0 aliphatic heterocycles. The van der Waals surface area contributed by atoms with Crippen molar-refractivity contribution < 1.29 is 45.0 Å². The Morgan fingerprint density at radius 1 is 0.327 bits per heavy atom. The molecule has 2 N–H and O–H groups in total. The fourth-order valence-electron chi connectivity index (χ4n) is 6.71. The maximum atomic E-state index is 10.4. The molecule has 4 nitrogen and oxygen atoms in total. The average Bonchev–Trinajstić information content (AvgIpc) is 3.07. The molecule has 0 spiro atoms. The third kappa shape index (κ3) is 70.1. The first-order valence-electron chi connectivity index (χ1n) is 22.0. The fraction of sp³-hybridized carbons (Fsp3) is 0.955. The molecule has 0 aromatic rings. The minimum atomic E-state index is -0.651. The van der Waals surface area contributed by atoms with Crippen molar-refractivity contribution in [3.63, 3.8) is 0 Å². The summed E-state index contributed by atoms with van der Waals surface area (Å²) in [6, 6.07) is 0. The molecule has 0 atom stereocenters. The van der Waals surface area contributed by atoms with Gasteiger partial charge in [0.15, 0.2) is 17.4 Å². The number of rotatable bonds is 40. The monoisotopic (exact) mass is 981 g/mol. The van der Waals surface area contributed by atoms with Gasteiger partial charge in [-0.2, -0.15) is 0 Å². The zero-order valence-corrected chi connectivity index (χ0v) is 42.4. The van der Waals surface area contributed by atoms with E-state index in [2.05, 4.69) is 13.8 Å². The molecule has 0 heterocycles. The van der Waals surface area contributed by atoms with Gasteiger partial charge in [-0.3, -0.25) is 9.59 Å². The minimum absolute atomic E-state index is 0. The molecule has 315 valence electrons. The van der Waals surface area contributed by atoms with Gasteiger partial charge in [-0.1, -0.05) is 245 Å². The van der Waals surface area contributed by atoms with Gasteiger partial charge in [0.25, 0.3) is 0 Å². The second-order valence-electron chi connectivity index (χ2n) is 15.0.